The fourth-order valence-electron chi connectivity index (χ4n) is 2.07. The van der Waals surface area contributed by atoms with E-state index in [1.165, 1.54) is 0 Å². The number of aliphatic carboxylic acids is 2. The third-order valence-electron chi connectivity index (χ3n) is 3.59. The highest BCUT2D eigenvalue weighted by Gasteiger charge is 2.29. The van der Waals surface area contributed by atoms with Crippen LogP contribution in [-0.2, 0) is 28.8 Å². The summed E-state index contributed by atoms with van der Waals surface area (Å²) in [5, 5.41) is 33.3. The van der Waals surface area contributed by atoms with Crippen LogP contribution in [0, 0.1) is 0 Å². The summed E-state index contributed by atoms with van der Waals surface area (Å²) in [7, 11) is 0. The molecule has 14 nitrogen and oxygen atoms in total. The van der Waals surface area contributed by atoms with E-state index in [0.717, 1.165) is 0 Å². The number of rotatable bonds is 14. The van der Waals surface area contributed by atoms with Crippen molar-refractivity contribution in [2.45, 2.75) is 43.8 Å². The van der Waals surface area contributed by atoms with Crippen molar-refractivity contribution >= 4 is 35.6 Å². The quantitative estimate of drug-likeness (QED) is 0.134. The molecule has 0 rings (SSSR count). The van der Waals surface area contributed by atoms with Crippen molar-refractivity contribution in [3.63, 3.8) is 0 Å². The Morgan fingerprint density at radius 2 is 1.31 bits per heavy atom. The Morgan fingerprint density at radius 3 is 1.76 bits per heavy atom. The van der Waals surface area contributed by atoms with Gasteiger partial charge in [0, 0.05) is 12.8 Å². The molecule has 0 bridgehead atoms. The van der Waals surface area contributed by atoms with Gasteiger partial charge in [0.15, 0.2) is 0 Å². The number of carbonyl (C=O) groups is 6. The maximum absolute atomic E-state index is 12.4. The summed E-state index contributed by atoms with van der Waals surface area (Å²) < 4.78 is 0. The Bertz CT molecular complexity index is 640. The smallest absolute Gasteiger partial charge is 0.326 e. The fraction of sp³-hybridized carbons (Fsp3) is 0.600. The number of carboxylic acids is 2. The second-order valence-corrected chi connectivity index (χ2v) is 5.90. The summed E-state index contributed by atoms with van der Waals surface area (Å²) in [5.74, 6) is -6.33. The molecule has 4 amide bonds. The van der Waals surface area contributed by atoms with Crippen LogP contribution in [0.1, 0.15) is 25.7 Å². The van der Waals surface area contributed by atoms with E-state index in [0.29, 0.717) is 0 Å². The lowest BCUT2D eigenvalue weighted by Crippen LogP contribution is -2.57. The molecule has 0 aliphatic carbocycles. The van der Waals surface area contributed by atoms with Crippen molar-refractivity contribution in [3.05, 3.63) is 0 Å². The van der Waals surface area contributed by atoms with Gasteiger partial charge < -0.3 is 42.7 Å². The third kappa shape index (κ3) is 10.6. The minimum atomic E-state index is -1.56. The molecule has 0 saturated heterocycles. The maximum atomic E-state index is 12.4. The molecule has 0 aliphatic heterocycles. The molecule has 10 N–H and O–H groups in total. The van der Waals surface area contributed by atoms with Crippen LogP contribution in [0.25, 0.3) is 0 Å². The van der Waals surface area contributed by atoms with Crippen molar-refractivity contribution in [2.75, 3.05) is 13.2 Å². The Morgan fingerprint density at radius 1 is 0.793 bits per heavy atom. The minimum absolute atomic E-state index is 0.304. The Balaban J connectivity index is 5.25. The van der Waals surface area contributed by atoms with Gasteiger partial charge in [-0.25, -0.2) is 4.79 Å². The van der Waals surface area contributed by atoms with Crippen LogP contribution < -0.4 is 27.4 Å². The molecule has 0 aromatic carbocycles. The largest absolute Gasteiger partial charge is 0.481 e. The van der Waals surface area contributed by atoms with Crippen molar-refractivity contribution in [1.29, 1.82) is 0 Å². The molecule has 0 fully saturated rings. The lowest BCUT2D eigenvalue weighted by molar-refractivity contribution is -0.143. The fourth-order valence-corrected chi connectivity index (χ4v) is 2.07. The second kappa shape index (κ2) is 13.0. The SMILES string of the molecule is NCC(=O)NC(CO)C(=O)NC(CCC(N)=O)C(=O)NC(CCC(=O)O)C(=O)O. The van der Waals surface area contributed by atoms with Crippen molar-refractivity contribution < 1.29 is 44.1 Å². The average Bonchev–Trinajstić information content (AvgIpc) is 2.64. The van der Waals surface area contributed by atoms with Gasteiger partial charge in [0.05, 0.1) is 13.2 Å². The topological polar surface area (TPSA) is 251 Å². The molecule has 0 aromatic rings. The summed E-state index contributed by atoms with van der Waals surface area (Å²) in [6.07, 6.45) is -1.60. The predicted octanol–water partition coefficient (Wildman–Crippen LogP) is -4.39. The first-order chi connectivity index (χ1) is 13.5. The summed E-state index contributed by atoms with van der Waals surface area (Å²) in [6, 6.07) is -4.44. The monoisotopic (exact) mass is 419 g/mol. The lowest BCUT2D eigenvalue weighted by atomic mass is 10.1. The number of nitrogens with one attached hydrogen (secondary N) is 3. The third-order valence-corrected chi connectivity index (χ3v) is 3.59. The number of carboxylic acid groups (broad SMARTS) is 2. The lowest BCUT2D eigenvalue weighted by Gasteiger charge is -2.23. The van der Waals surface area contributed by atoms with Gasteiger partial charge in [0.2, 0.25) is 23.6 Å². The molecule has 3 atom stereocenters. The van der Waals surface area contributed by atoms with Crippen LogP contribution in [0.5, 0.6) is 0 Å². The molecule has 3 unspecified atom stereocenters. The summed E-state index contributed by atoms with van der Waals surface area (Å²) in [6.45, 7) is -1.28. The molecule has 0 heterocycles. The summed E-state index contributed by atoms with van der Waals surface area (Å²) in [4.78, 5) is 68.7. The van der Waals surface area contributed by atoms with Crippen LogP contribution in [0.4, 0.5) is 0 Å². The molecule has 0 saturated carbocycles. The standard InChI is InChI=1S/C15H25N5O9/c16-5-11(23)18-9(6-21)14(27)19-7(1-3-10(17)22)13(26)20-8(15(28)29)2-4-12(24)25/h7-9,21H,1-6,16H2,(H2,17,22)(H,18,23)(H,19,27)(H,20,26)(H,24,25)(H,28,29). The van der Waals surface area contributed by atoms with Gasteiger partial charge in [-0.3, -0.25) is 24.0 Å². The van der Waals surface area contributed by atoms with Gasteiger partial charge in [0.1, 0.15) is 18.1 Å². The van der Waals surface area contributed by atoms with Crippen molar-refractivity contribution in [3.8, 4) is 0 Å². The molecule has 0 spiro atoms. The van der Waals surface area contributed by atoms with E-state index in [-0.39, 0.29) is 12.8 Å². The molecule has 29 heavy (non-hydrogen) atoms. The van der Waals surface area contributed by atoms with E-state index >= 15 is 0 Å². The number of nitrogens with two attached hydrogens (primary N) is 2. The molecular formula is C15H25N5O9. The zero-order valence-corrected chi connectivity index (χ0v) is 15.4. The summed E-state index contributed by atoms with van der Waals surface area (Å²) >= 11 is 0. The molecule has 0 aromatic heterocycles. The minimum Gasteiger partial charge on any atom is -0.481 e. The van der Waals surface area contributed by atoms with Crippen molar-refractivity contribution in [2.24, 2.45) is 11.5 Å². The highest BCUT2D eigenvalue weighted by Crippen LogP contribution is 2.03. The van der Waals surface area contributed by atoms with Gasteiger partial charge >= 0.3 is 11.9 Å². The number of carbonyl (C=O) groups excluding carboxylic acids is 4. The van der Waals surface area contributed by atoms with Crippen molar-refractivity contribution in [1.82, 2.24) is 16.0 Å². The van der Waals surface area contributed by atoms with E-state index in [1.807, 2.05) is 0 Å². The Kier molecular flexibility index (Phi) is 11.5. The zero-order valence-electron chi connectivity index (χ0n) is 15.4. The van der Waals surface area contributed by atoms with Crippen LogP contribution in [0.15, 0.2) is 0 Å². The predicted molar refractivity (Wildman–Crippen MR) is 94.9 cm³/mol. The van der Waals surface area contributed by atoms with E-state index in [4.69, 9.17) is 21.7 Å². The average molecular weight is 419 g/mol. The Hall–Kier alpha value is -3.26. The van der Waals surface area contributed by atoms with Gasteiger partial charge in [-0.2, -0.15) is 0 Å². The maximum Gasteiger partial charge on any atom is 0.326 e. The van der Waals surface area contributed by atoms with Crippen LogP contribution in [0.3, 0.4) is 0 Å². The number of aliphatic hydroxyl groups excluding tert-OH is 1. The highest BCUT2D eigenvalue weighted by molar-refractivity contribution is 5.94. The number of hydrogen-bond donors (Lipinski definition) is 8. The van der Waals surface area contributed by atoms with Gasteiger partial charge in [-0.05, 0) is 12.8 Å². The number of hydrogen-bond acceptors (Lipinski definition) is 8. The molecule has 0 radical (unpaired) electrons. The molecule has 14 heteroatoms. The van der Waals surface area contributed by atoms with Gasteiger partial charge in [0.25, 0.3) is 0 Å². The van der Waals surface area contributed by atoms with Crippen LogP contribution >= 0.6 is 0 Å². The van der Waals surface area contributed by atoms with Crippen LogP contribution in [0.2, 0.25) is 0 Å². The summed E-state index contributed by atoms with van der Waals surface area (Å²) in [5.41, 5.74) is 10.1. The van der Waals surface area contributed by atoms with Gasteiger partial charge in [-0.15, -0.1) is 0 Å². The zero-order chi connectivity index (χ0) is 22.6. The van der Waals surface area contributed by atoms with E-state index in [2.05, 4.69) is 16.0 Å². The highest BCUT2D eigenvalue weighted by atomic mass is 16.4. The number of aliphatic hydroxyl groups is 1. The van der Waals surface area contributed by atoms with Gasteiger partial charge in [-0.1, -0.05) is 0 Å². The molecule has 0 aliphatic rings. The first-order valence-electron chi connectivity index (χ1n) is 8.45. The molecular weight excluding hydrogens is 394 g/mol. The normalized spacial score (nSPS) is 13.4. The molecule has 164 valence electrons. The first-order valence-corrected chi connectivity index (χ1v) is 8.45. The van der Waals surface area contributed by atoms with E-state index in [9.17, 15) is 33.9 Å². The second-order valence-electron chi connectivity index (χ2n) is 5.90. The van der Waals surface area contributed by atoms with Crippen LogP contribution in [-0.4, -0.2) is 82.2 Å². The first kappa shape index (κ1) is 25.7. The number of amides is 4. The van der Waals surface area contributed by atoms with E-state index < -0.39 is 79.7 Å². The number of primary amides is 1. The van der Waals surface area contributed by atoms with E-state index in [1.54, 1.807) is 0 Å². The Labute approximate surface area is 165 Å².